The lowest BCUT2D eigenvalue weighted by Crippen LogP contribution is -1.91. The lowest BCUT2D eigenvalue weighted by molar-refractivity contribution is 0.956. The number of benzene rings is 2. The van der Waals surface area contributed by atoms with Crippen LogP contribution in [0.3, 0.4) is 0 Å². The quantitative estimate of drug-likeness (QED) is 0.727. The summed E-state index contributed by atoms with van der Waals surface area (Å²) in [4.78, 5) is 0. The Hall–Kier alpha value is -1.56. The van der Waals surface area contributed by atoms with Crippen LogP contribution in [0.2, 0.25) is 0 Å². The molecule has 17 heavy (non-hydrogen) atoms. The van der Waals surface area contributed by atoms with E-state index < -0.39 is 0 Å². The predicted octanol–water partition coefficient (Wildman–Crippen LogP) is 4.15. The van der Waals surface area contributed by atoms with Crippen molar-refractivity contribution < 1.29 is 0 Å². The fourth-order valence-electron chi connectivity index (χ4n) is 2.25. The van der Waals surface area contributed by atoms with E-state index in [1.54, 1.807) is 0 Å². The van der Waals surface area contributed by atoms with Crippen molar-refractivity contribution >= 4 is 0 Å². The van der Waals surface area contributed by atoms with E-state index in [9.17, 15) is 0 Å². The maximum Gasteiger partial charge on any atom is -0.0162 e. The summed E-state index contributed by atoms with van der Waals surface area (Å²) in [7, 11) is 0. The molecule has 0 atom stereocenters. The summed E-state index contributed by atoms with van der Waals surface area (Å²) in [5, 5.41) is 0. The Morgan fingerprint density at radius 3 is 2.00 bits per heavy atom. The third-order valence-electron chi connectivity index (χ3n) is 3.52. The number of aryl methyl sites for hydroxylation is 2. The van der Waals surface area contributed by atoms with E-state index in [0.717, 1.165) is 18.8 Å². The van der Waals surface area contributed by atoms with Gasteiger partial charge in [-0.1, -0.05) is 48.5 Å². The molecule has 85 valence electrons. The molecule has 0 amide bonds. The minimum atomic E-state index is 0.869. The van der Waals surface area contributed by atoms with Crippen molar-refractivity contribution in [2.75, 3.05) is 0 Å². The van der Waals surface area contributed by atoms with Gasteiger partial charge in [-0.05, 0) is 54.4 Å². The second kappa shape index (κ2) is 4.75. The zero-order chi connectivity index (χ0) is 11.5. The van der Waals surface area contributed by atoms with Gasteiger partial charge in [0.25, 0.3) is 0 Å². The van der Waals surface area contributed by atoms with Crippen LogP contribution in [0.15, 0.2) is 48.5 Å². The molecule has 1 aliphatic rings. The molecular weight excluding hydrogens is 204 g/mol. The monoisotopic (exact) mass is 221 g/mol. The van der Waals surface area contributed by atoms with Crippen molar-refractivity contribution in [1.82, 2.24) is 0 Å². The molecule has 0 bridgehead atoms. The summed E-state index contributed by atoms with van der Waals surface area (Å²) in [6.45, 7) is 0. The van der Waals surface area contributed by atoms with E-state index in [1.165, 1.54) is 29.5 Å². The van der Waals surface area contributed by atoms with Gasteiger partial charge < -0.3 is 0 Å². The van der Waals surface area contributed by atoms with E-state index in [1.807, 2.05) is 12.1 Å². The first-order valence-electron chi connectivity index (χ1n) is 6.46. The highest BCUT2D eigenvalue weighted by atomic mass is 14.3. The molecule has 0 saturated heterocycles. The Kier molecular flexibility index (Phi) is 2.96. The van der Waals surface area contributed by atoms with Crippen LogP contribution in [0.25, 0.3) is 0 Å². The van der Waals surface area contributed by atoms with E-state index in [-0.39, 0.29) is 0 Å². The number of hydrogen-bond donors (Lipinski definition) is 0. The molecule has 0 heterocycles. The van der Waals surface area contributed by atoms with Crippen LogP contribution in [0.4, 0.5) is 0 Å². The standard InChI is InChI=1S/C17H17/c1-2-4-14(5-3-1)6-7-15-8-10-16(11-9-15)17-12-13-17/h2-5,8-11,17H,6-7,12-13H2. The van der Waals surface area contributed by atoms with Gasteiger partial charge in [0.05, 0.1) is 0 Å². The van der Waals surface area contributed by atoms with Crippen LogP contribution in [0.5, 0.6) is 0 Å². The van der Waals surface area contributed by atoms with Crippen molar-refractivity contribution in [3.05, 3.63) is 71.3 Å². The summed E-state index contributed by atoms with van der Waals surface area (Å²) >= 11 is 0. The highest BCUT2D eigenvalue weighted by molar-refractivity contribution is 5.28. The van der Waals surface area contributed by atoms with Crippen molar-refractivity contribution in [2.45, 2.75) is 31.6 Å². The zero-order valence-corrected chi connectivity index (χ0v) is 10.0. The molecule has 0 N–H and O–H groups in total. The van der Waals surface area contributed by atoms with Crippen LogP contribution in [-0.4, -0.2) is 0 Å². The topological polar surface area (TPSA) is 0 Å². The molecule has 2 aromatic carbocycles. The summed E-state index contributed by atoms with van der Waals surface area (Å²) in [5.74, 6) is 0.869. The largest absolute Gasteiger partial charge is 0.0587 e. The van der Waals surface area contributed by atoms with Gasteiger partial charge in [-0.25, -0.2) is 0 Å². The van der Waals surface area contributed by atoms with Gasteiger partial charge >= 0.3 is 0 Å². The third kappa shape index (κ3) is 2.76. The Labute approximate surface area is 103 Å². The minimum absolute atomic E-state index is 0.869. The van der Waals surface area contributed by atoms with Gasteiger partial charge in [-0.15, -0.1) is 0 Å². The molecule has 0 aliphatic heterocycles. The van der Waals surface area contributed by atoms with Crippen LogP contribution < -0.4 is 0 Å². The van der Waals surface area contributed by atoms with Gasteiger partial charge in [0.1, 0.15) is 0 Å². The number of hydrogen-bond acceptors (Lipinski definition) is 0. The SMILES string of the molecule is [c]1ccc(CCc2ccc(C3CC3)cc2)cc1. The summed E-state index contributed by atoms with van der Waals surface area (Å²) < 4.78 is 0. The molecule has 2 aromatic rings. The molecule has 1 radical (unpaired) electrons. The average Bonchev–Trinajstić information content (AvgIpc) is 3.23. The third-order valence-corrected chi connectivity index (χ3v) is 3.52. The fourth-order valence-corrected chi connectivity index (χ4v) is 2.25. The lowest BCUT2D eigenvalue weighted by atomic mass is 10.0. The minimum Gasteiger partial charge on any atom is -0.0587 e. The Balaban J connectivity index is 1.61. The van der Waals surface area contributed by atoms with Crippen LogP contribution in [-0.2, 0) is 12.8 Å². The molecular formula is C17H17. The van der Waals surface area contributed by atoms with Crippen molar-refractivity contribution in [2.24, 2.45) is 0 Å². The predicted molar refractivity (Wildman–Crippen MR) is 71.1 cm³/mol. The van der Waals surface area contributed by atoms with E-state index in [2.05, 4.69) is 42.5 Å². The Morgan fingerprint density at radius 1 is 0.824 bits per heavy atom. The van der Waals surface area contributed by atoms with Crippen molar-refractivity contribution in [3.63, 3.8) is 0 Å². The smallest absolute Gasteiger partial charge is 0.0162 e. The Morgan fingerprint density at radius 2 is 1.41 bits per heavy atom. The van der Waals surface area contributed by atoms with Gasteiger partial charge in [0, 0.05) is 0 Å². The highest BCUT2D eigenvalue weighted by Gasteiger charge is 2.22. The second-order valence-electron chi connectivity index (χ2n) is 4.92. The van der Waals surface area contributed by atoms with Crippen LogP contribution in [0, 0.1) is 6.07 Å². The first-order valence-corrected chi connectivity index (χ1v) is 6.46. The first kappa shape index (κ1) is 10.6. The molecule has 0 heteroatoms. The number of rotatable bonds is 4. The Bertz CT molecular complexity index is 463. The molecule has 0 aromatic heterocycles. The first-order chi connectivity index (χ1) is 8.42. The van der Waals surface area contributed by atoms with Crippen molar-refractivity contribution in [1.29, 1.82) is 0 Å². The van der Waals surface area contributed by atoms with E-state index in [0.29, 0.717) is 0 Å². The molecule has 1 fully saturated rings. The second-order valence-corrected chi connectivity index (χ2v) is 4.92. The van der Waals surface area contributed by atoms with E-state index >= 15 is 0 Å². The van der Waals surface area contributed by atoms with Crippen LogP contribution >= 0.6 is 0 Å². The lowest BCUT2D eigenvalue weighted by Gasteiger charge is -2.03. The summed E-state index contributed by atoms with van der Waals surface area (Å²) in [6, 6.07) is 20.6. The van der Waals surface area contributed by atoms with Gasteiger partial charge in [-0.2, -0.15) is 0 Å². The van der Waals surface area contributed by atoms with Gasteiger partial charge in [-0.3, -0.25) is 0 Å². The van der Waals surface area contributed by atoms with Gasteiger partial charge in [0.2, 0.25) is 0 Å². The average molecular weight is 221 g/mol. The normalized spacial score (nSPS) is 14.8. The maximum absolute atomic E-state index is 3.06. The molecule has 3 rings (SSSR count). The molecule has 1 aliphatic carbocycles. The molecule has 0 spiro atoms. The summed E-state index contributed by atoms with van der Waals surface area (Å²) in [5.41, 5.74) is 4.38. The van der Waals surface area contributed by atoms with Crippen LogP contribution in [0.1, 0.15) is 35.4 Å². The van der Waals surface area contributed by atoms with E-state index in [4.69, 9.17) is 0 Å². The maximum atomic E-state index is 3.06. The highest BCUT2D eigenvalue weighted by Crippen LogP contribution is 2.39. The molecule has 0 unspecified atom stereocenters. The van der Waals surface area contributed by atoms with Gasteiger partial charge in [0.15, 0.2) is 0 Å². The van der Waals surface area contributed by atoms with Crippen molar-refractivity contribution in [3.8, 4) is 0 Å². The fraction of sp³-hybridized carbons (Fsp3) is 0.294. The molecule has 0 nitrogen and oxygen atoms in total. The summed E-state index contributed by atoms with van der Waals surface area (Å²) in [6.07, 6.45) is 5.03. The zero-order valence-electron chi connectivity index (χ0n) is 10.0. The molecule has 1 saturated carbocycles.